The number of nitrogens with zero attached hydrogens (tertiary/aromatic N) is 2. The highest BCUT2D eigenvalue weighted by Gasteiger charge is 2.25. The summed E-state index contributed by atoms with van der Waals surface area (Å²) in [5, 5.41) is 3.15. The highest BCUT2D eigenvalue weighted by atomic mass is 35.5. The normalized spacial score (nSPS) is 15.2. The fraction of sp³-hybridized carbons (Fsp3) is 0.409. The van der Waals surface area contributed by atoms with Crippen LogP contribution in [0.25, 0.3) is 0 Å². The van der Waals surface area contributed by atoms with Crippen LogP contribution >= 0.6 is 11.6 Å². The Labute approximate surface area is 200 Å². The predicted octanol–water partition coefficient (Wildman–Crippen LogP) is 3.70. The molecule has 0 radical (unpaired) electrons. The van der Waals surface area contributed by atoms with Crippen molar-refractivity contribution in [3.63, 3.8) is 0 Å². The lowest BCUT2D eigenvalue weighted by molar-refractivity contribution is -0.116. The average Bonchev–Trinajstić information content (AvgIpc) is 2.77. The third-order valence-corrected chi connectivity index (χ3v) is 8.69. The van der Waals surface area contributed by atoms with Gasteiger partial charge in [-0.3, -0.25) is 9.10 Å². The molecule has 3 rings (SSSR count). The maximum Gasteiger partial charge on any atom is 0.243 e. The van der Waals surface area contributed by atoms with E-state index < -0.39 is 20.0 Å². The number of rotatable bonds is 9. The molecular weight excluding hydrogens is 486 g/mol. The monoisotopic (exact) mass is 513 g/mol. The summed E-state index contributed by atoms with van der Waals surface area (Å²) in [4.78, 5) is 12.5. The van der Waals surface area contributed by atoms with E-state index in [1.807, 2.05) is 0 Å². The van der Waals surface area contributed by atoms with Crippen molar-refractivity contribution < 1.29 is 21.6 Å². The number of hydrogen-bond acceptors (Lipinski definition) is 5. The summed E-state index contributed by atoms with van der Waals surface area (Å²) in [7, 11) is -7.06. The molecule has 8 nitrogen and oxygen atoms in total. The van der Waals surface area contributed by atoms with Gasteiger partial charge in [0.2, 0.25) is 26.0 Å². The van der Waals surface area contributed by atoms with Crippen molar-refractivity contribution in [2.75, 3.05) is 35.5 Å². The molecule has 1 heterocycles. The quantitative estimate of drug-likeness (QED) is 0.550. The van der Waals surface area contributed by atoms with Gasteiger partial charge in [-0.05, 0) is 61.7 Å². The second-order valence-electron chi connectivity index (χ2n) is 7.96. The Balaban J connectivity index is 1.56. The molecule has 2 aromatic rings. The van der Waals surface area contributed by atoms with Crippen molar-refractivity contribution in [3.05, 3.63) is 53.6 Å². The Morgan fingerprint density at radius 2 is 1.70 bits per heavy atom. The molecule has 0 unspecified atom stereocenters. The lowest BCUT2D eigenvalue weighted by Gasteiger charge is -2.25. The first-order chi connectivity index (χ1) is 15.6. The topological polar surface area (TPSA) is 104 Å². The highest BCUT2D eigenvalue weighted by molar-refractivity contribution is 7.92. The zero-order chi connectivity index (χ0) is 24.1. The summed E-state index contributed by atoms with van der Waals surface area (Å²) in [6.45, 7) is 1.18. The van der Waals surface area contributed by atoms with E-state index in [1.54, 1.807) is 36.4 Å². The minimum absolute atomic E-state index is 0.0976. The van der Waals surface area contributed by atoms with Crippen molar-refractivity contribution >= 4 is 48.9 Å². The van der Waals surface area contributed by atoms with E-state index in [-0.39, 0.29) is 23.8 Å². The Morgan fingerprint density at radius 3 is 2.30 bits per heavy atom. The fourth-order valence-electron chi connectivity index (χ4n) is 3.69. The third kappa shape index (κ3) is 6.92. The van der Waals surface area contributed by atoms with Gasteiger partial charge < -0.3 is 5.32 Å². The largest absolute Gasteiger partial charge is 0.326 e. The van der Waals surface area contributed by atoms with Crippen molar-refractivity contribution in [2.45, 2.75) is 37.0 Å². The van der Waals surface area contributed by atoms with Crippen LogP contribution in [0.3, 0.4) is 0 Å². The molecule has 1 amide bonds. The number of nitrogens with one attached hydrogen (secondary N) is 1. The first kappa shape index (κ1) is 25.5. The number of anilines is 2. The number of benzene rings is 2. The van der Waals surface area contributed by atoms with E-state index in [4.69, 9.17) is 11.6 Å². The van der Waals surface area contributed by atoms with Gasteiger partial charge >= 0.3 is 0 Å². The molecule has 0 bridgehead atoms. The smallest absolute Gasteiger partial charge is 0.243 e. The Bertz CT molecular complexity index is 1180. The lowest BCUT2D eigenvalue weighted by atomic mass is 10.2. The van der Waals surface area contributed by atoms with Gasteiger partial charge in [0.15, 0.2) is 0 Å². The fourth-order valence-corrected chi connectivity index (χ4v) is 6.35. The number of sulfonamides is 2. The molecule has 0 saturated carbocycles. The van der Waals surface area contributed by atoms with Gasteiger partial charge in [0.05, 0.1) is 16.8 Å². The van der Waals surface area contributed by atoms with Crippen molar-refractivity contribution in [2.24, 2.45) is 0 Å². The molecule has 0 spiro atoms. The summed E-state index contributed by atoms with van der Waals surface area (Å²) in [5.41, 5.74) is 0.920. The number of hydrogen-bond donors (Lipinski definition) is 1. The molecule has 1 aliphatic heterocycles. The van der Waals surface area contributed by atoms with Crippen LogP contribution in [0, 0.1) is 0 Å². The molecule has 0 aromatic heterocycles. The molecule has 33 heavy (non-hydrogen) atoms. The second kappa shape index (κ2) is 10.9. The molecule has 0 aliphatic carbocycles. The summed E-state index contributed by atoms with van der Waals surface area (Å²) in [6.07, 6.45) is 4.27. The standard InChI is InChI=1S/C22H28ClN3O5S2/c1-32(28,29)26(20-8-5-7-18(23)17-20)16-6-9-22(27)24-19-10-12-21(13-11-19)33(30,31)25-14-3-2-4-15-25/h5,7-8,10-13,17H,2-4,6,9,14-16H2,1H3,(H,24,27). The van der Waals surface area contributed by atoms with Gasteiger partial charge in [-0.2, -0.15) is 4.31 Å². The summed E-state index contributed by atoms with van der Waals surface area (Å²) in [5.74, 6) is -0.291. The van der Waals surface area contributed by atoms with Crippen LogP contribution in [-0.4, -0.2) is 52.9 Å². The molecule has 180 valence electrons. The molecular formula is C22H28ClN3O5S2. The molecule has 1 aliphatic rings. The van der Waals surface area contributed by atoms with Crippen LogP contribution in [0.15, 0.2) is 53.4 Å². The zero-order valence-electron chi connectivity index (χ0n) is 18.4. The highest BCUT2D eigenvalue weighted by Crippen LogP contribution is 2.23. The Hall–Kier alpha value is -2.14. The van der Waals surface area contributed by atoms with E-state index in [0.717, 1.165) is 25.5 Å². The van der Waals surface area contributed by atoms with Crippen molar-refractivity contribution in [1.82, 2.24) is 4.31 Å². The molecule has 0 atom stereocenters. The van der Waals surface area contributed by atoms with Crippen LogP contribution < -0.4 is 9.62 Å². The van der Waals surface area contributed by atoms with E-state index in [0.29, 0.717) is 35.9 Å². The summed E-state index contributed by atoms with van der Waals surface area (Å²) < 4.78 is 52.5. The van der Waals surface area contributed by atoms with E-state index in [1.165, 1.54) is 20.7 Å². The second-order valence-corrected chi connectivity index (χ2v) is 12.2. The van der Waals surface area contributed by atoms with Gasteiger partial charge in [0.25, 0.3) is 0 Å². The van der Waals surface area contributed by atoms with Crippen LogP contribution in [0.1, 0.15) is 32.1 Å². The van der Waals surface area contributed by atoms with Gasteiger partial charge in [0, 0.05) is 36.8 Å². The molecule has 1 N–H and O–H groups in total. The van der Waals surface area contributed by atoms with Gasteiger partial charge in [-0.25, -0.2) is 16.8 Å². The first-order valence-electron chi connectivity index (χ1n) is 10.7. The third-order valence-electron chi connectivity index (χ3n) is 5.35. The average molecular weight is 514 g/mol. The number of piperidine rings is 1. The first-order valence-corrected chi connectivity index (χ1v) is 14.4. The molecule has 1 fully saturated rings. The van der Waals surface area contributed by atoms with Gasteiger partial charge in [-0.15, -0.1) is 0 Å². The number of carbonyl (C=O) groups excluding carboxylic acids is 1. The van der Waals surface area contributed by atoms with Crippen LogP contribution in [-0.2, 0) is 24.8 Å². The SMILES string of the molecule is CS(=O)(=O)N(CCCC(=O)Nc1ccc(S(=O)(=O)N2CCCCC2)cc1)c1cccc(Cl)c1. The zero-order valence-corrected chi connectivity index (χ0v) is 20.8. The maximum atomic E-state index is 12.7. The van der Waals surface area contributed by atoms with Gasteiger partial charge in [0.1, 0.15) is 0 Å². The molecule has 1 saturated heterocycles. The summed E-state index contributed by atoms with van der Waals surface area (Å²) in [6, 6.07) is 12.6. The predicted molar refractivity (Wildman–Crippen MR) is 131 cm³/mol. The van der Waals surface area contributed by atoms with Crippen LogP contribution in [0.5, 0.6) is 0 Å². The lowest BCUT2D eigenvalue weighted by Crippen LogP contribution is -2.35. The van der Waals surface area contributed by atoms with Crippen LogP contribution in [0.4, 0.5) is 11.4 Å². The van der Waals surface area contributed by atoms with E-state index in [9.17, 15) is 21.6 Å². The van der Waals surface area contributed by atoms with E-state index in [2.05, 4.69) is 5.32 Å². The van der Waals surface area contributed by atoms with Crippen LogP contribution in [0.2, 0.25) is 5.02 Å². The minimum atomic E-state index is -3.54. The Morgan fingerprint density at radius 1 is 1.03 bits per heavy atom. The summed E-state index contributed by atoms with van der Waals surface area (Å²) >= 11 is 5.97. The Kier molecular flexibility index (Phi) is 8.38. The molecule has 11 heteroatoms. The number of carbonyl (C=O) groups is 1. The van der Waals surface area contributed by atoms with Crippen molar-refractivity contribution in [3.8, 4) is 0 Å². The van der Waals surface area contributed by atoms with E-state index >= 15 is 0 Å². The maximum absolute atomic E-state index is 12.7. The number of halogens is 1. The number of amides is 1. The van der Waals surface area contributed by atoms with Crippen molar-refractivity contribution in [1.29, 1.82) is 0 Å². The van der Waals surface area contributed by atoms with Gasteiger partial charge in [-0.1, -0.05) is 24.1 Å². The minimum Gasteiger partial charge on any atom is -0.326 e. The molecule has 2 aromatic carbocycles.